The van der Waals surface area contributed by atoms with Crippen molar-refractivity contribution in [1.82, 2.24) is 10.2 Å². The third-order valence-electron chi connectivity index (χ3n) is 4.03. The smallest absolute Gasteiger partial charge is 0.132 e. The van der Waals surface area contributed by atoms with Gasteiger partial charge >= 0.3 is 0 Å². The van der Waals surface area contributed by atoms with E-state index >= 15 is 0 Å². The van der Waals surface area contributed by atoms with Gasteiger partial charge in [0.25, 0.3) is 0 Å². The third kappa shape index (κ3) is 2.27. The van der Waals surface area contributed by atoms with Gasteiger partial charge in [-0.15, -0.1) is 0 Å². The largest absolute Gasteiger partial charge is 0.355 e. The Morgan fingerprint density at radius 1 is 1.38 bits per heavy atom. The predicted octanol–water partition coefficient (Wildman–Crippen LogP) is 1.97. The van der Waals surface area contributed by atoms with Gasteiger partial charge in [-0.3, -0.25) is 10.2 Å². The molecular weight excluding hydrogens is 200 g/mol. The molecular formula is C13H26N2O. The molecule has 2 fully saturated rings. The number of ether oxygens (including phenoxy) is 1. The number of nitrogens with one attached hydrogen (secondary N) is 1. The van der Waals surface area contributed by atoms with E-state index in [1.807, 2.05) is 0 Å². The lowest BCUT2D eigenvalue weighted by Gasteiger charge is -2.46. The molecule has 16 heavy (non-hydrogen) atoms. The summed E-state index contributed by atoms with van der Waals surface area (Å²) in [6.07, 6.45) is 4.28. The van der Waals surface area contributed by atoms with Gasteiger partial charge in [0.05, 0.1) is 12.1 Å². The fourth-order valence-electron chi connectivity index (χ4n) is 3.21. The van der Waals surface area contributed by atoms with Gasteiger partial charge in [0, 0.05) is 12.6 Å². The fraction of sp³-hybridized carbons (Fsp3) is 1.00. The first-order valence-electron chi connectivity index (χ1n) is 6.71. The average Bonchev–Trinajstić information content (AvgIpc) is 2.60. The summed E-state index contributed by atoms with van der Waals surface area (Å²) in [5.74, 6) is 0. The molecule has 2 rings (SSSR count). The van der Waals surface area contributed by atoms with E-state index in [0.29, 0.717) is 18.2 Å². The number of hydrogen-bond donors (Lipinski definition) is 1. The summed E-state index contributed by atoms with van der Waals surface area (Å²) in [6, 6.07) is 1.15. The highest BCUT2D eigenvalue weighted by Gasteiger charge is 2.44. The first-order valence-corrected chi connectivity index (χ1v) is 6.71. The van der Waals surface area contributed by atoms with Crippen LogP contribution in [-0.2, 0) is 4.74 Å². The Hall–Kier alpha value is -0.120. The molecule has 0 aromatic rings. The van der Waals surface area contributed by atoms with E-state index in [1.165, 1.54) is 25.8 Å². The summed E-state index contributed by atoms with van der Waals surface area (Å²) >= 11 is 0. The van der Waals surface area contributed by atoms with E-state index in [1.54, 1.807) is 0 Å². The number of rotatable bonds is 2. The molecule has 1 N–H and O–H groups in total. The average molecular weight is 226 g/mol. The van der Waals surface area contributed by atoms with E-state index in [-0.39, 0.29) is 5.72 Å². The molecule has 2 aliphatic rings. The highest BCUT2D eigenvalue weighted by atomic mass is 16.5. The van der Waals surface area contributed by atoms with Crippen molar-refractivity contribution in [2.45, 2.75) is 70.9 Å². The number of hydrogen-bond acceptors (Lipinski definition) is 3. The molecule has 94 valence electrons. The Balaban J connectivity index is 2.10. The van der Waals surface area contributed by atoms with Crippen molar-refractivity contribution in [2.24, 2.45) is 0 Å². The van der Waals surface area contributed by atoms with Gasteiger partial charge in [-0.1, -0.05) is 6.42 Å². The van der Waals surface area contributed by atoms with Crippen LogP contribution < -0.4 is 5.32 Å². The van der Waals surface area contributed by atoms with Gasteiger partial charge in [-0.2, -0.15) is 0 Å². The zero-order valence-corrected chi connectivity index (χ0v) is 11.1. The fourth-order valence-corrected chi connectivity index (χ4v) is 3.21. The van der Waals surface area contributed by atoms with E-state index < -0.39 is 0 Å². The van der Waals surface area contributed by atoms with Crippen LogP contribution in [-0.4, -0.2) is 41.9 Å². The highest BCUT2D eigenvalue weighted by molar-refractivity contribution is 4.96. The molecule has 0 radical (unpaired) electrons. The Morgan fingerprint density at radius 2 is 2.12 bits per heavy atom. The van der Waals surface area contributed by atoms with Crippen LogP contribution in [0.25, 0.3) is 0 Å². The molecule has 3 unspecified atom stereocenters. The number of likely N-dealkylation sites (tertiary alicyclic amines) is 1. The van der Waals surface area contributed by atoms with E-state index in [2.05, 4.69) is 37.9 Å². The second-order valence-corrected chi connectivity index (χ2v) is 5.76. The van der Waals surface area contributed by atoms with Crippen LogP contribution in [0.4, 0.5) is 0 Å². The minimum atomic E-state index is -0.135. The quantitative estimate of drug-likeness (QED) is 0.779. The maximum atomic E-state index is 6.12. The summed E-state index contributed by atoms with van der Waals surface area (Å²) in [4.78, 5) is 2.61. The maximum Gasteiger partial charge on any atom is 0.132 e. The molecule has 0 aromatic heterocycles. The lowest BCUT2D eigenvalue weighted by atomic mass is 9.92. The normalized spacial score (nSPS) is 41.8. The van der Waals surface area contributed by atoms with Crippen LogP contribution in [0.5, 0.6) is 0 Å². The topological polar surface area (TPSA) is 24.5 Å². The summed E-state index contributed by atoms with van der Waals surface area (Å²) in [6.45, 7) is 11.2. The highest BCUT2D eigenvalue weighted by Crippen LogP contribution is 2.32. The molecule has 3 atom stereocenters. The molecule has 0 bridgehead atoms. The van der Waals surface area contributed by atoms with Gasteiger partial charge in [-0.25, -0.2) is 0 Å². The van der Waals surface area contributed by atoms with Crippen LogP contribution in [0.1, 0.15) is 47.0 Å². The maximum absolute atomic E-state index is 6.12. The molecule has 3 nitrogen and oxygen atoms in total. The third-order valence-corrected chi connectivity index (χ3v) is 4.03. The Bertz CT molecular complexity index is 244. The van der Waals surface area contributed by atoms with Crippen molar-refractivity contribution in [3.05, 3.63) is 0 Å². The standard InChI is InChI=1S/C13H26N2O/c1-10(2)15-8-6-5-7-12(15)13(4)14-9-11(3)16-13/h10-12,14H,5-9H2,1-4H3. The van der Waals surface area contributed by atoms with E-state index in [0.717, 1.165) is 6.54 Å². The molecule has 0 spiro atoms. The van der Waals surface area contributed by atoms with Gasteiger partial charge in [0.1, 0.15) is 5.72 Å². The monoisotopic (exact) mass is 226 g/mol. The van der Waals surface area contributed by atoms with Crippen LogP contribution in [0.3, 0.4) is 0 Å². The summed E-state index contributed by atoms with van der Waals surface area (Å²) in [7, 11) is 0. The minimum absolute atomic E-state index is 0.135. The zero-order valence-electron chi connectivity index (χ0n) is 11.1. The Kier molecular flexibility index (Phi) is 3.57. The van der Waals surface area contributed by atoms with Crippen molar-refractivity contribution in [3.63, 3.8) is 0 Å². The minimum Gasteiger partial charge on any atom is -0.355 e. The van der Waals surface area contributed by atoms with Gasteiger partial charge in [-0.05, 0) is 47.1 Å². The summed E-state index contributed by atoms with van der Waals surface area (Å²) < 4.78 is 6.12. The van der Waals surface area contributed by atoms with Crippen LogP contribution in [0.2, 0.25) is 0 Å². The second kappa shape index (κ2) is 4.63. The molecule has 0 amide bonds. The lowest BCUT2D eigenvalue weighted by molar-refractivity contribution is -0.106. The SMILES string of the molecule is CC1CNC(C)(C2CCCCN2C(C)C)O1. The van der Waals surface area contributed by atoms with Gasteiger partial charge < -0.3 is 4.74 Å². The Morgan fingerprint density at radius 3 is 2.69 bits per heavy atom. The Labute approximate surface area is 99.5 Å². The van der Waals surface area contributed by atoms with E-state index in [4.69, 9.17) is 4.74 Å². The number of nitrogens with zero attached hydrogens (tertiary/aromatic N) is 1. The summed E-state index contributed by atoms with van der Waals surface area (Å²) in [5, 5.41) is 3.57. The van der Waals surface area contributed by atoms with Crippen LogP contribution >= 0.6 is 0 Å². The van der Waals surface area contributed by atoms with Crippen molar-refractivity contribution in [2.75, 3.05) is 13.1 Å². The van der Waals surface area contributed by atoms with Crippen LogP contribution in [0, 0.1) is 0 Å². The second-order valence-electron chi connectivity index (χ2n) is 5.76. The molecule has 2 saturated heterocycles. The number of piperidine rings is 1. The van der Waals surface area contributed by atoms with Crippen molar-refractivity contribution < 1.29 is 4.74 Å². The first-order chi connectivity index (χ1) is 7.53. The van der Waals surface area contributed by atoms with Crippen molar-refractivity contribution in [3.8, 4) is 0 Å². The first kappa shape index (κ1) is 12.3. The van der Waals surface area contributed by atoms with Crippen molar-refractivity contribution in [1.29, 1.82) is 0 Å². The van der Waals surface area contributed by atoms with Crippen LogP contribution in [0.15, 0.2) is 0 Å². The molecule has 2 heterocycles. The molecule has 0 aliphatic carbocycles. The van der Waals surface area contributed by atoms with E-state index in [9.17, 15) is 0 Å². The van der Waals surface area contributed by atoms with Crippen molar-refractivity contribution >= 4 is 0 Å². The molecule has 0 aromatic carbocycles. The van der Waals surface area contributed by atoms with Gasteiger partial charge in [0.2, 0.25) is 0 Å². The molecule has 0 saturated carbocycles. The molecule has 3 heteroatoms. The van der Waals surface area contributed by atoms with Gasteiger partial charge in [0.15, 0.2) is 0 Å². The lowest BCUT2D eigenvalue weighted by Crippen LogP contribution is -2.60. The molecule has 2 aliphatic heterocycles. The predicted molar refractivity (Wildman–Crippen MR) is 66.4 cm³/mol. The summed E-state index contributed by atoms with van der Waals surface area (Å²) in [5.41, 5.74) is -0.135. The zero-order chi connectivity index (χ0) is 11.8.